The maximum atomic E-state index is 12.9. The second kappa shape index (κ2) is 6.39. The van der Waals surface area contributed by atoms with Gasteiger partial charge in [0.05, 0.1) is 17.3 Å². The first-order valence-electron chi connectivity index (χ1n) is 4.52. The summed E-state index contributed by atoms with van der Waals surface area (Å²) < 4.78 is 23.5. The zero-order valence-electron chi connectivity index (χ0n) is 8.89. The number of ether oxygens (including phenoxy) is 2. The molecule has 0 fully saturated rings. The van der Waals surface area contributed by atoms with Gasteiger partial charge in [0.25, 0.3) is 0 Å². The van der Waals surface area contributed by atoms with E-state index in [1.165, 1.54) is 26.4 Å². The molecule has 0 saturated carbocycles. The third-order valence-electron chi connectivity index (χ3n) is 1.98. The zero-order chi connectivity index (χ0) is 12.1. The highest BCUT2D eigenvalue weighted by atomic mass is 79.9. The molecule has 0 aliphatic heterocycles. The lowest BCUT2D eigenvalue weighted by molar-refractivity contribution is -0.0914. The molecular formula is C10H12BrClFNO2. The van der Waals surface area contributed by atoms with Crippen LogP contribution in [0.3, 0.4) is 0 Å². The topological polar surface area (TPSA) is 30.5 Å². The molecule has 0 amide bonds. The first-order valence-corrected chi connectivity index (χ1v) is 5.69. The van der Waals surface area contributed by atoms with Crippen molar-refractivity contribution in [2.24, 2.45) is 0 Å². The van der Waals surface area contributed by atoms with Crippen LogP contribution in [0.2, 0.25) is 5.02 Å². The van der Waals surface area contributed by atoms with Crippen LogP contribution in [-0.2, 0) is 9.47 Å². The molecular weight excluding hydrogens is 300 g/mol. The van der Waals surface area contributed by atoms with Gasteiger partial charge in [0, 0.05) is 18.7 Å². The number of benzene rings is 1. The van der Waals surface area contributed by atoms with Gasteiger partial charge in [-0.3, -0.25) is 0 Å². The number of rotatable bonds is 5. The molecule has 0 unspecified atom stereocenters. The molecule has 0 spiro atoms. The normalized spacial score (nSPS) is 10.9. The van der Waals surface area contributed by atoms with Gasteiger partial charge in [-0.15, -0.1) is 0 Å². The largest absolute Gasteiger partial charge is 0.378 e. The number of anilines is 1. The van der Waals surface area contributed by atoms with Gasteiger partial charge in [-0.25, -0.2) is 4.39 Å². The Labute approximate surface area is 107 Å². The Morgan fingerprint density at radius 3 is 2.56 bits per heavy atom. The van der Waals surface area contributed by atoms with Crippen molar-refractivity contribution in [3.63, 3.8) is 0 Å². The van der Waals surface area contributed by atoms with Gasteiger partial charge in [-0.05, 0) is 28.1 Å². The smallest absolute Gasteiger partial charge is 0.173 e. The minimum atomic E-state index is -0.391. The number of methoxy groups -OCH3 is 2. The van der Waals surface area contributed by atoms with Crippen LogP contribution in [0.5, 0.6) is 0 Å². The Morgan fingerprint density at radius 1 is 1.44 bits per heavy atom. The van der Waals surface area contributed by atoms with E-state index in [9.17, 15) is 4.39 Å². The molecule has 1 rings (SSSR count). The summed E-state index contributed by atoms with van der Waals surface area (Å²) >= 11 is 9.11. The van der Waals surface area contributed by atoms with Crippen molar-refractivity contribution in [3.8, 4) is 0 Å². The minimum Gasteiger partial charge on any atom is -0.378 e. The average molecular weight is 313 g/mol. The summed E-state index contributed by atoms with van der Waals surface area (Å²) in [5.74, 6) is -0.391. The fourth-order valence-corrected chi connectivity index (χ4v) is 2.12. The molecule has 6 heteroatoms. The maximum Gasteiger partial charge on any atom is 0.173 e. The van der Waals surface area contributed by atoms with Crippen LogP contribution in [-0.4, -0.2) is 27.1 Å². The van der Waals surface area contributed by atoms with Gasteiger partial charge >= 0.3 is 0 Å². The van der Waals surface area contributed by atoms with Crippen LogP contribution < -0.4 is 5.32 Å². The molecule has 0 aliphatic rings. The first kappa shape index (κ1) is 13.7. The molecule has 90 valence electrons. The summed E-state index contributed by atoms with van der Waals surface area (Å²) in [4.78, 5) is 0. The fraction of sp³-hybridized carbons (Fsp3) is 0.400. The van der Waals surface area contributed by atoms with E-state index in [-0.39, 0.29) is 6.29 Å². The Balaban J connectivity index is 2.74. The lowest BCUT2D eigenvalue weighted by Crippen LogP contribution is -2.23. The van der Waals surface area contributed by atoms with E-state index in [4.69, 9.17) is 21.1 Å². The van der Waals surface area contributed by atoms with Crippen molar-refractivity contribution in [1.29, 1.82) is 0 Å². The predicted molar refractivity (Wildman–Crippen MR) is 65.4 cm³/mol. The molecule has 0 radical (unpaired) electrons. The van der Waals surface area contributed by atoms with E-state index in [0.717, 1.165) is 0 Å². The number of hydrogen-bond acceptors (Lipinski definition) is 3. The van der Waals surface area contributed by atoms with E-state index in [1.807, 2.05) is 0 Å². The summed E-state index contributed by atoms with van der Waals surface area (Å²) in [6.07, 6.45) is -0.381. The molecule has 1 aromatic rings. The van der Waals surface area contributed by atoms with Crippen molar-refractivity contribution in [1.82, 2.24) is 0 Å². The standard InChI is InChI=1S/C10H12BrClFNO2/c1-15-9(16-2)5-14-10-7(11)3-6(13)4-8(10)12/h3-4,9,14H,5H2,1-2H3. The van der Waals surface area contributed by atoms with Gasteiger partial charge in [-0.2, -0.15) is 0 Å². The van der Waals surface area contributed by atoms with E-state index in [1.54, 1.807) is 0 Å². The Kier molecular flexibility index (Phi) is 5.48. The fourth-order valence-electron chi connectivity index (χ4n) is 1.16. The van der Waals surface area contributed by atoms with Crippen molar-refractivity contribution in [2.45, 2.75) is 6.29 Å². The van der Waals surface area contributed by atoms with Gasteiger partial charge in [-0.1, -0.05) is 11.6 Å². The second-order valence-electron chi connectivity index (χ2n) is 3.03. The predicted octanol–water partition coefficient (Wildman–Crippen LogP) is 3.27. The third-order valence-corrected chi connectivity index (χ3v) is 2.90. The highest BCUT2D eigenvalue weighted by molar-refractivity contribution is 9.10. The summed E-state index contributed by atoms with van der Waals surface area (Å²) in [5.41, 5.74) is 0.613. The highest BCUT2D eigenvalue weighted by Gasteiger charge is 2.10. The van der Waals surface area contributed by atoms with E-state index >= 15 is 0 Å². The van der Waals surface area contributed by atoms with Crippen LogP contribution in [0.4, 0.5) is 10.1 Å². The zero-order valence-corrected chi connectivity index (χ0v) is 11.2. The molecule has 0 aliphatic carbocycles. The SMILES string of the molecule is COC(CNc1c(Cl)cc(F)cc1Br)OC. The summed E-state index contributed by atoms with van der Waals surface area (Å²) in [6, 6.07) is 2.58. The molecule has 0 atom stereocenters. The van der Waals surface area contributed by atoms with Crippen LogP contribution in [0.25, 0.3) is 0 Å². The molecule has 3 nitrogen and oxygen atoms in total. The van der Waals surface area contributed by atoms with Crippen LogP contribution in [0.15, 0.2) is 16.6 Å². The molecule has 0 saturated heterocycles. The molecule has 0 bridgehead atoms. The molecule has 16 heavy (non-hydrogen) atoms. The molecule has 1 aromatic carbocycles. The minimum absolute atomic E-state index is 0.304. The number of nitrogens with one attached hydrogen (secondary N) is 1. The third kappa shape index (κ3) is 3.59. The van der Waals surface area contributed by atoms with E-state index in [0.29, 0.717) is 21.7 Å². The van der Waals surface area contributed by atoms with Gasteiger partial charge < -0.3 is 14.8 Å². The molecule has 0 heterocycles. The van der Waals surface area contributed by atoms with Gasteiger partial charge in [0.15, 0.2) is 6.29 Å². The summed E-state index contributed by atoms with van der Waals surface area (Å²) in [7, 11) is 3.08. The lowest BCUT2D eigenvalue weighted by Gasteiger charge is -2.16. The van der Waals surface area contributed by atoms with Gasteiger partial charge in [0.2, 0.25) is 0 Å². The lowest BCUT2D eigenvalue weighted by atomic mass is 10.3. The van der Waals surface area contributed by atoms with Crippen LogP contribution in [0.1, 0.15) is 0 Å². The number of hydrogen-bond donors (Lipinski definition) is 1. The summed E-state index contributed by atoms with van der Waals surface area (Å²) in [5, 5.41) is 3.32. The van der Waals surface area contributed by atoms with Crippen LogP contribution >= 0.6 is 27.5 Å². The van der Waals surface area contributed by atoms with Crippen molar-refractivity contribution in [2.75, 3.05) is 26.1 Å². The van der Waals surface area contributed by atoms with Crippen molar-refractivity contribution >= 4 is 33.2 Å². The first-order chi connectivity index (χ1) is 7.58. The monoisotopic (exact) mass is 311 g/mol. The van der Waals surface area contributed by atoms with Crippen molar-refractivity contribution in [3.05, 3.63) is 27.4 Å². The van der Waals surface area contributed by atoms with E-state index < -0.39 is 5.82 Å². The summed E-state index contributed by atoms with van der Waals surface area (Å²) in [6.45, 7) is 0.414. The second-order valence-corrected chi connectivity index (χ2v) is 4.29. The average Bonchev–Trinajstić information content (AvgIpc) is 2.22. The number of halogens is 3. The Morgan fingerprint density at radius 2 is 2.06 bits per heavy atom. The van der Waals surface area contributed by atoms with E-state index in [2.05, 4.69) is 21.2 Å². The van der Waals surface area contributed by atoms with Gasteiger partial charge in [0.1, 0.15) is 5.82 Å². The quantitative estimate of drug-likeness (QED) is 0.847. The highest BCUT2D eigenvalue weighted by Crippen LogP contribution is 2.31. The van der Waals surface area contributed by atoms with Crippen molar-refractivity contribution < 1.29 is 13.9 Å². The molecule has 1 N–H and O–H groups in total. The maximum absolute atomic E-state index is 12.9. The molecule has 0 aromatic heterocycles. The van der Waals surface area contributed by atoms with Crippen LogP contribution in [0, 0.1) is 5.82 Å². The Bertz CT molecular complexity index is 338. The Hall–Kier alpha value is -0.360.